The fourth-order valence-corrected chi connectivity index (χ4v) is 4.62. The highest BCUT2D eigenvalue weighted by Gasteiger charge is 2.14. The van der Waals surface area contributed by atoms with Crippen molar-refractivity contribution in [3.63, 3.8) is 0 Å². The molecule has 1 amide bonds. The first-order chi connectivity index (χ1) is 16.8. The Hall–Kier alpha value is -3.12. The standard InChI is InChI=1S/C26H19Br2ClN2O4/c1-2-34-26(33)17-7-9-20(10-8-17)31-25(32)19(14-30)11-16-12-21(27)24(22(28)13-16)35-15-18-5-3-4-6-23(18)29/h3-13H,2,15H2,1H3,(H,31,32)/b19-11+. The summed E-state index contributed by atoms with van der Waals surface area (Å²) in [5.41, 5.74) is 2.17. The molecule has 0 atom stereocenters. The molecule has 6 nitrogen and oxygen atoms in total. The van der Waals surface area contributed by atoms with Gasteiger partial charge in [0.2, 0.25) is 0 Å². The number of nitrogens with one attached hydrogen (secondary N) is 1. The van der Waals surface area contributed by atoms with E-state index in [0.717, 1.165) is 5.56 Å². The van der Waals surface area contributed by atoms with Crippen LogP contribution in [-0.2, 0) is 16.1 Å². The highest BCUT2D eigenvalue weighted by atomic mass is 79.9. The number of hydrogen-bond donors (Lipinski definition) is 1. The molecule has 0 spiro atoms. The maximum atomic E-state index is 12.6. The minimum atomic E-state index is -0.581. The van der Waals surface area contributed by atoms with E-state index in [1.54, 1.807) is 49.4 Å². The quantitative estimate of drug-likeness (QED) is 0.164. The van der Waals surface area contributed by atoms with Crippen molar-refractivity contribution in [2.75, 3.05) is 11.9 Å². The van der Waals surface area contributed by atoms with Gasteiger partial charge in [-0.1, -0.05) is 29.8 Å². The van der Waals surface area contributed by atoms with Gasteiger partial charge in [0.25, 0.3) is 5.91 Å². The van der Waals surface area contributed by atoms with Crippen LogP contribution in [0.1, 0.15) is 28.4 Å². The maximum Gasteiger partial charge on any atom is 0.338 e. The summed E-state index contributed by atoms with van der Waals surface area (Å²) in [5.74, 6) is -0.465. The lowest BCUT2D eigenvalue weighted by Gasteiger charge is -2.12. The monoisotopic (exact) mass is 616 g/mol. The molecule has 3 rings (SSSR count). The van der Waals surface area contributed by atoms with Gasteiger partial charge in [0.05, 0.1) is 21.1 Å². The highest BCUT2D eigenvalue weighted by Crippen LogP contribution is 2.36. The number of nitrogens with zero attached hydrogens (tertiary/aromatic N) is 1. The van der Waals surface area contributed by atoms with E-state index in [9.17, 15) is 14.9 Å². The molecule has 0 saturated carbocycles. The molecule has 0 bridgehead atoms. The summed E-state index contributed by atoms with van der Waals surface area (Å²) < 4.78 is 12.1. The van der Waals surface area contributed by atoms with Gasteiger partial charge in [-0.25, -0.2) is 4.79 Å². The van der Waals surface area contributed by atoms with Crippen LogP contribution in [0.2, 0.25) is 5.02 Å². The number of nitriles is 1. The molecule has 9 heteroatoms. The van der Waals surface area contributed by atoms with E-state index >= 15 is 0 Å². The zero-order chi connectivity index (χ0) is 25.4. The van der Waals surface area contributed by atoms with E-state index in [2.05, 4.69) is 37.2 Å². The van der Waals surface area contributed by atoms with Crippen LogP contribution in [0.5, 0.6) is 5.75 Å². The molecule has 0 unspecified atom stereocenters. The van der Waals surface area contributed by atoms with Gasteiger partial charge in [-0.2, -0.15) is 5.26 Å². The molecule has 1 N–H and O–H groups in total. The van der Waals surface area contributed by atoms with E-state index in [1.807, 2.05) is 24.3 Å². The van der Waals surface area contributed by atoms with Crippen LogP contribution in [0.15, 0.2) is 75.2 Å². The lowest BCUT2D eigenvalue weighted by molar-refractivity contribution is -0.112. The summed E-state index contributed by atoms with van der Waals surface area (Å²) in [5, 5.41) is 12.8. The number of benzene rings is 3. The van der Waals surface area contributed by atoms with E-state index < -0.39 is 11.9 Å². The number of hydrogen-bond acceptors (Lipinski definition) is 5. The average Bonchev–Trinajstić information content (AvgIpc) is 2.83. The molecular weight excluding hydrogens is 600 g/mol. The Bertz CT molecular complexity index is 1290. The smallest absolute Gasteiger partial charge is 0.338 e. The molecule has 0 aliphatic heterocycles. The van der Waals surface area contributed by atoms with E-state index in [4.69, 9.17) is 21.1 Å². The van der Waals surface area contributed by atoms with Crippen molar-refractivity contribution >= 4 is 67.1 Å². The SMILES string of the molecule is CCOC(=O)c1ccc(NC(=O)/C(C#N)=C/c2cc(Br)c(OCc3ccccc3Cl)c(Br)c2)cc1. The number of rotatable bonds is 8. The summed E-state index contributed by atoms with van der Waals surface area (Å²) >= 11 is 13.2. The number of carbonyl (C=O) groups excluding carboxylic acids is 2. The van der Waals surface area contributed by atoms with Gasteiger partial charge in [0.15, 0.2) is 0 Å². The molecule has 3 aromatic rings. The van der Waals surface area contributed by atoms with Crippen LogP contribution >= 0.6 is 43.5 Å². The third kappa shape index (κ3) is 7.18. The molecule has 3 aromatic carbocycles. The van der Waals surface area contributed by atoms with Crippen molar-refractivity contribution in [1.82, 2.24) is 0 Å². The summed E-state index contributed by atoms with van der Waals surface area (Å²) in [4.78, 5) is 24.4. The van der Waals surface area contributed by atoms with Crippen molar-refractivity contribution in [1.29, 1.82) is 5.26 Å². The first kappa shape index (κ1) is 26.5. The number of carbonyl (C=O) groups is 2. The topological polar surface area (TPSA) is 88.4 Å². The zero-order valence-corrected chi connectivity index (χ0v) is 22.4. The third-order valence-corrected chi connectivity index (χ3v) is 6.23. The van der Waals surface area contributed by atoms with Crippen LogP contribution in [0.4, 0.5) is 5.69 Å². The van der Waals surface area contributed by atoms with Crippen LogP contribution in [-0.4, -0.2) is 18.5 Å². The number of amides is 1. The summed E-state index contributed by atoms with van der Waals surface area (Å²) in [7, 11) is 0. The predicted octanol–water partition coefficient (Wildman–Crippen LogP) is 7.17. The fraction of sp³-hybridized carbons (Fsp3) is 0.115. The Balaban J connectivity index is 1.73. The van der Waals surface area contributed by atoms with E-state index in [-0.39, 0.29) is 18.8 Å². The van der Waals surface area contributed by atoms with Crippen molar-refractivity contribution in [2.45, 2.75) is 13.5 Å². The molecule has 0 aromatic heterocycles. The predicted molar refractivity (Wildman–Crippen MR) is 142 cm³/mol. The van der Waals surface area contributed by atoms with Gasteiger partial charge in [-0.15, -0.1) is 0 Å². The van der Waals surface area contributed by atoms with Crippen molar-refractivity contribution < 1.29 is 19.1 Å². The number of ether oxygens (including phenoxy) is 2. The van der Waals surface area contributed by atoms with Gasteiger partial charge in [0.1, 0.15) is 24.0 Å². The van der Waals surface area contributed by atoms with Gasteiger partial charge in [0, 0.05) is 16.3 Å². The number of halogens is 3. The lowest BCUT2D eigenvalue weighted by Crippen LogP contribution is -2.13. The summed E-state index contributed by atoms with van der Waals surface area (Å²) in [6.07, 6.45) is 1.47. The van der Waals surface area contributed by atoms with Crippen LogP contribution < -0.4 is 10.1 Å². The zero-order valence-electron chi connectivity index (χ0n) is 18.5. The highest BCUT2D eigenvalue weighted by molar-refractivity contribution is 9.11. The largest absolute Gasteiger partial charge is 0.486 e. The maximum absolute atomic E-state index is 12.6. The summed E-state index contributed by atoms with van der Waals surface area (Å²) in [6, 6.07) is 19.0. The minimum absolute atomic E-state index is 0.0944. The Kier molecular flexibility index (Phi) is 9.49. The minimum Gasteiger partial charge on any atom is -0.486 e. The third-order valence-electron chi connectivity index (χ3n) is 4.68. The molecule has 0 saturated heterocycles. The number of esters is 1. The van der Waals surface area contributed by atoms with Crippen LogP contribution in [0.25, 0.3) is 6.08 Å². The Morgan fingerprint density at radius 2 is 1.74 bits per heavy atom. The van der Waals surface area contributed by atoms with Gasteiger partial charge < -0.3 is 14.8 Å². The van der Waals surface area contributed by atoms with Gasteiger partial charge >= 0.3 is 5.97 Å². The Morgan fingerprint density at radius 3 is 2.34 bits per heavy atom. The second-order valence-corrected chi connectivity index (χ2v) is 9.23. The fourth-order valence-electron chi connectivity index (χ4n) is 2.98. The first-order valence-electron chi connectivity index (χ1n) is 10.4. The molecule has 0 heterocycles. The molecule has 0 aliphatic carbocycles. The lowest BCUT2D eigenvalue weighted by atomic mass is 10.1. The molecule has 178 valence electrons. The molecule has 35 heavy (non-hydrogen) atoms. The molecule has 0 aliphatic rings. The van der Waals surface area contributed by atoms with Crippen LogP contribution in [0, 0.1) is 11.3 Å². The second-order valence-electron chi connectivity index (χ2n) is 7.12. The normalized spacial score (nSPS) is 10.9. The summed E-state index contributed by atoms with van der Waals surface area (Å²) in [6.45, 7) is 2.27. The second kappa shape index (κ2) is 12.5. The van der Waals surface area contributed by atoms with Crippen molar-refractivity contribution in [3.8, 4) is 11.8 Å². The Morgan fingerprint density at radius 1 is 1.09 bits per heavy atom. The van der Waals surface area contributed by atoms with Crippen molar-refractivity contribution in [2.24, 2.45) is 0 Å². The van der Waals surface area contributed by atoms with E-state index in [1.165, 1.54) is 6.08 Å². The molecule has 0 fully saturated rings. The van der Waals surface area contributed by atoms with Gasteiger partial charge in [-0.3, -0.25) is 4.79 Å². The van der Waals surface area contributed by atoms with Gasteiger partial charge in [-0.05, 0) is 92.9 Å². The average molecular weight is 619 g/mol. The van der Waals surface area contributed by atoms with Crippen LogP contribution in [0.3, 0.4) is 0 Å². The van der Waals surface area contributed by atoms with Crippen molar-refractivity contribution in [3.05, 3.63) is 96.9 Å². The molecule has 0 radical (unpaired) electrons. The Labute approximate surface area is 224 Å². The number of anilines is 1. The van der Waals surface area contributed by atoms with E-state index in [0.29, 0.717) is 36.5 Å². The first-order valence-corrected chi connectivity index (χ1v) is 12.3. The molecular formula is C26H19Br2ClN2O4.